The van der Waals surface area contributed by atoms with Crippen LogP contribution in [0.1, 0.15) is 6.42 Å². The number of aliphatic hydroxyl groups is 2. The number of thioether (sulfide) groups is 1. The van der Waals surface area contributed by atoms with Gasteiger partial charge in [0.25, 0.3) is 0 Å². The molecule has 7 nitrogen and oxygen atoms in total. The first kappa shape index (κ1) is 14.0. The second kappa shape index (κ2) is 6.04. The topological polar surface area (TPSA) is 113 Å². The maximum Gasteiger partial charge on any atom is 0.405 e. The third-order valence-electron chi connectivity index (χ3n) is 2.28. The summed E-state index contributed by atoms with van der Waals surface area (Å²) in [5.74, 6) is -1.31. The predicted octanol–water partition coefficient (Wildman–Crippen LogP) is -2.02. The Bertz CT molecular complexity index is 344. The highest BCUT2D eigenvalue weighted by Crippen LogP contribution is 2.27. The average molecular weight is 263 g/mol. The highest BCUT2D eigenvalue weighted by molar-refractivity contribution is 8.14. The van der Waals surface area contributed by atoms with Crippen LogP contribution >= 0.6 is 11.8 Å². The van der Waals surface area contributed by atoms with Gasteiger partial charge in [-0.15, -0.1) is 0 Å². The van der Waals surface area contributed by atoms with Crippen molar-refractivity contribution < 1.29 is 24.9 Å². The molecule has 1 aliphatic rings. The Kier molecular flexibility index (Phi) is 4.98. The molecule has 0 bridgehead atoms. The molecule has 0 aromatic rings. The van der Waals surface area contributed by atoms with Crippen LogP contribution in [-0.4, -0.2) is 64.0 Å². The SMILES string of the molecule is C=[N+]=C(NC)SC1CC(O)C(O)C(C(=O)O)O1. The summed E-state index contributed by atoms with van der Waals surface area (Å²) in [6.45, 7) is 3.33. The fourth-order valence-corrected chi connectivity index (χ4v) is 2.33. The Morgan fingerprint density at radius 3 is 2.71 bits per heavy atom. The molecule has 0 aromatic carbocycles. The zero-order chi connectivity index (χ0) is 13.0. The number of hydrogen-bond donors (Lipinski definition) is 4. The summed E-state index contributed by atoms with van der Waals surface area (Å²) in [7, 11) is 1.64. The van der Waals surface area contributed by atoms with Crippen molar-refractivity contribution in [1.82, 2.24) is 9.98 Å². The number of carbonyl (C=O) groups is 1. The number of aliphatic hydroxyl groups excluding tert-OH is 2. The molecule has 1 rings (SSSR count). The molecule has 8 heteroatoms. The number of nitrogens with one attached hydrogen (secondary N) is 1. The minimum atomic E-state index is -1.43. The van der Waals surface area contributed by atoms with E-state index in [1.54, 1.807) is 7.05 Å². The fourth-order valence-electron chi connectivity index (χ4n) is 1.42. The normalized spacial score (nSPS) is 32.6. The smallest absolute Gasteiger partial charge is 0.405 e. The maximum absolute atomic E-state index is 10.8. The molecule has 0 aromatic heterocycles. The lowest BCUT2D eigenvalue weighted by atomic mass is 10.0. The minimum absolute atomic E-state index is 0.121. The van der Waals surface area contributed by atoms with Crippen molar-refractivity contribution in [2.45, 2.75) is 30.2 Å². The van der Waals surface area contributed by atoms with Crippen LogP contribution < -0.4 is 9.98 Å². The van der Waals surface area contributed by atoms with Crippen LogP contribution in [0.15, 0.2) is 0 Å². The summed E-state index contributed by atoms with van der Waals surface area (Å²) >= 11 is 1.11. The van der Waals surface area contributed by atoms with Crippen LogP contribution in [-0.2, 0) is 9.53 Å². The third kappa shape index (κ3) is 3.45. The summed E-state index contributed by atoms with van der Waals surface area (Å²) in [5.41, 5.74) is -0.595. The van der Waals surface area contributed by atoms with Gasteiger partial charge in [-0.05, 0) is 0 Å². The first-order valence-electron chi connectivity index (χ1n) is 4.92. The molecule has 1 heterocycles. The molecule has 1 aliphatic heterocycles. The van der Waals surface area contributed by atoms with Crippen molar-refractivity contribution >= 4 is 29.6 Å². The van der Waals surface area contributed by atoms with Crippen molar-refractivity contribution in [3.05, 3.63) is 0 Å². The lowest BCUT2D eigenvalue weighted by molar-refractivity contribution is -0.181. The van der Waals surface area contributed by atoms with E-state index in [4.69, 9.17) is 9.84 Å². The zero-order valence-corrected chi connectivity index (χ0v) is 10.1. The molecule has 0 spiro atoms. The van der Waals surface area contributed by atoms with Crippen LogP contribution in [0, 0.1) is 0 Å². The quantitative estimate of drug-likeness (QED) is 0.258. The minimum Gasteiger partial charge on any atom is -0.479 e. The number of nitrogens with zero attached hydrogens (tertiary/aromatic N) is 1. The van der Waals surface area contributed by atoms with Gasteiger partial charge in [-0.25, -0.2) is 9.46 Å². The molecule has 4 atom stereocenters. The molecule has 96 valence electrons. The Balaban J connectivity index is 2.71. The van der Waals surface area contributed by atoms with Gasteiger partial charge in [0, 0.05) is 18.2 Å². The lowest BCUT2D eigenvalue weighted by Gasteiger charge is -2.33. The molecule has 4 unspecified atom stereocenters. The van der Waals surface area contributed by atoms with E-state index in [0.29, 0.717) is 5.17 Å². The van der Waals surface area contributed by atoms with Gasteiger partial charge in [-0.2, -0.15) is 0 Å². The molecule has 1 fully saturated rings. The van der Waals surface area contributed by atoms with Gasteiger partial charge in [-0.3, -0.25) is 5.32 Å². The Morgan fingerprint density at radius 1 is 1.59 bits per heavy atom. The number of amidine groups is 1. The van der Waals surface area contributed by atoms with Gasteiger partial charge in [0.05, 0.1) is 13.2 Å². The largest absolute Gasteiger partial charge is 0.479 e. The van der Waals surface area contributed by atoms with Crippen LogP contribution in [0.25, 0.3) is 0 Å². The monoisotopic (exact) mass is 263 g/mol. The van der Waals surface area contributed by atoms with E-state index in [0.717, 1.165) is 11.8 Å². The first-order chi connectivity index (χ1) is 7.99. The second-order valence-corrected chi connectivity index (χ2v) is 4.60. The van der Waals surface area contributed by atoms with Gasteiger partial charge < -0.3 is 20.1 Å². The predicted molar refractivity (Wildman–Crippen MR) is 63.8 cm³/mol. The summed E-state index contributed by atoms with van der Waals surface area (Å²) in [4.78, 5) is 10.8. The summed E-state index contributed by atoms with van der Waals surface area (Å²) in [5, 5.41) is 31.0. The molecular formula is C9H15N2O5S+. The van der Waals surface area contributed by atoms with Gasteiger partial charge >= 0.3 is 11.1 Å². The molecule has 0 amide bonds. The average Bonchev–Trinajstić information content (AvgIpc) is 2.29. The summed E-state index contributed by atoms with van der Waals surface area (Å²) in [6.07, 6.45) is -3.86. The van der Waals surface area contributed by atoms with Crippen molar-refractivity contribution in [2.24, 2.45) is 0 Å². The molecule has 0 radical (unpaired) electrons. The molecule has 0 saturated carbocycles. The van der Waals surface area contributed by atoms with Crippen LogP contribution in [0.5, 0.6) is 0 Å². The Morgan fingerprint density at radius 2 is 2.24 bits per heavy atom. The van der Waals surface area contributed by atoms with Crippen molar-refractivity contribution in [3.8, 4) is 0 Å². The van der Waals surface area contributed by atoms with Crippen LogP contribution in [0.4, 0.5) is 0 Å². The van der Waals surface area contributed by atoms with E-state index < -0.39 is 29.7 Å². The summed E-state index contributed by atoms with van der Waals surface area (Å²) in [6, 6.07) is 0. The molecule has 1 saturated heterocycles. The summed E-state index contributed by atoms with van der Waals surface area (Å²) < 4.78 is 8.83. The van der Waals surface area contributed by atoms with Crippen LogP contribution in [0.2, 0.25) is 0 Å². The highest BCUT2D eigenvalue weighted by atomic mass is 32.2. The zero-order valence-electron chi connectivity index (χ0n) is 9.24. The van der Waals surface area contributed by atoms with Crippen molar-refractivity contribution in [1.29, 1.82) is 0 Å². The Hall–Kier alpha value is -1.05. The van der Waals surface area contributed by atoms with E-state index >= 15 is 0 Å². The number of carboxylic acid groups (broad SMARTS) is 1. The van der Waals surface area contributed by atoms with Crippen molar-refractivity contribution in [2.75, 3.05) is 7.05 Å². The number of hydrogen-bond acceptors (Lipinski definition) is 5. The number of aliphatic carboxylic acids is 1. The van der Waals surface area contributed by atoms with Gasteiger partial charge in [-0.1, -0.05) is 0 Å². The number of ether oxygens (including phenoxy) is 1. The molecule has 17 heavy (non-hydrogen) atoms. The molecular weight excluding hydrogens is 248 g/mol. The van der Waals surface area contributed by atoms with Crippen LogP contribution in [0.3, 0.4) is 0 Å². The van der Waals surface area contributed by atoms with Gasteiger partial charge in [0.2, 0.25) is 0 Å². The lowest BCUT2D eigenvalue weighted by Crippen LogP contribution is -2.51. The van der Waals surface area contributed by atoms with Gasteiger partial charge in [0.15, 0.2) is 12.8 Å². The van der Waals surface area contributed by atoms with E-state index in [2.05, 4.69) is 16.7 Å². The maximum atomic E-state index is 10.8. The number of rotatable bonds is 2. The van der Waals surface area contributed by atoms with Crippen molar-refractivity contribution in [3.63, 3.8) is 0 Å². The molecule has 4 N–H and O–H groups in total. The fraction of sp³-hybridized carbons (Fsp3) is 0.667. The first-order valence-corrected chi connectivity index (χ1v) is 5.80. The highest BCUT2D eigenvalue weighted by Gasteiger charge is 2.42. The molecule has 0 aliphatic carbocycles. The second-order valence-electron chi connectivity index (χ2n) is 3.45. The van der Waals surface area contributed by atoms with E-state index in [-0.39, 0.29) is 6.42 Å². The third-order valence-corrected chi connectivity index (χ3v) is 3.40. The number of carboxylic acids is 1. The standard InChI is InChI=1S/C9H14N2O5S/c1-10-9(11-2)17-5-3-4(12)6(13)7(16-5)8(14)15/h4-7,12-13H,1,3H2,2H3,(H,14,15)/p+1. The van der Waals surface area contributed by atoms with E-state index in [9.17, 15) is 15.0 Å². The van der Waals surface area contributed by atoms with Gasteiger partial charge in [0.1, 0.15) is 11.5 Å². The van der Waals surface area contributed by atoms with E-state index in [1.807, 2.05) is 0 Å². The van der Waals surface area contributed by atoms with E-state index in [1.165, 1.54) is 0 Å². The Labute approximate surface area is 102 Å².